The first-order valence-electron chi connectivity index (χ1n) is 9.41. The molecule has 6 nitrogen and oxygen atoms in total. The summed E-state index contributed by atoms with van der Waals surface area (Å²) in [5.41, 5.74) is 2.46. The van der Waals surface area contributed by atoms with Gasteiger partial charge >= 0.3 is 0 Å². The van der Waals surface area contributed by atoms with Gasteiger partial charge in [0.15, 0.2) is 0 Å². The molecular weight excluding hydrogens is 374 g/mol. The number of nitrogens with zero attached hydrogens (tertiary/aromatic N) is 2. The van der Waals surface area contributed by atoms with Crippen LogP contribution in [0.1, 0.15) is 25.0 Å². The van der Waals surface area contributed by atoms with Gasteiger partial charge in [0.2, 0.25) is 15.9 Å². The molecule has 2 rings (SSSR count). The number of carbonyl (C=O) groups is 1. The fourth-order valence-electron chi connectivity index (χ4n) is 2.99. The SMILES string of the molecule is CCN(CC)S(=O)(=O)c1ccc(C)c(NC(=O)CN(C)Cc2ccccc2)c1. The molecule has 2 aromatic carbocycles. The number of anilines is 1. The number of amides is 1. The number of carbonyl (C=O) groups excluding carboxylic acids is 1. The van der Waals surface area contributed by atoms with E-state index in [1.165, 1.54) is 10.4 Å². The average molecular weight is 404 g/mol. The second kappa shape index (κ2) is 9.82. The van der Waals surface area contributed by atoms with Crippen molar-refractivity contribution in [1.29, 1.82) is 0 Å². The van der Waals surface area contributed by atoms with Gasteiger partial charge in [-0.15, -0.1) is 0 Å². The molecule has 7 heteroatoms. The lowest BCUT2D eigenvalue weighted by Gasteiger charge is -2.20. The van der Waals surface area contributed by atoms with Gasteiger partial charge in [-0.3, -0.25) is 9.69 Å². The number of hydrogen-bond acceptors (Lipinski definition) is 4. The van der Waals surface area contributed by atoms with Gasteiger partial charge in [-0.1, -0.05) is 50.2 Å². The second-order valence-corrected chi connectivity index (χ2v) is 8.71. The molecule has 1 amide bonds. The van der Waals surface area contributed by atoms with E-state index in [9.17, 15) is 13.2 Å². The fourth-order valence-corrected chi connectivity index (χ4v) is 4.48. The summed E-state index contributed by atoms with van der Waals surface area (Å²) >= 11 is 0. The molecule has 0 heterocycles. The van der Waals surface area contributed by atoms with Gasteiger partial charge in [-0.25, -0.2) is 8.42 Å². The van der Waals surface area contributed by atoms with Crippen LogP contribution in [0.4, 0.5) is 5.69 Å². The van der Waals surface area contributed by atoms with Gasteiger partial charge in [0.1, 0.15) is 0 Å². The molecule has 1 N–H and O–H groups in total. The molecule has 0 spiro atoms. The summed E-state index contributed by atoms with van der Waals surface area (Å²) in [6, 6.07) is 14.8. The molecule has 0 unspecified atom stereocenters. The van der Waals surface area contributed by atoms with Crippen molar-refractivity contribution in [3.63, 3.8) is 0 Å². The number of rotatable bonds is 9. The quantitative estimate of drug-likeness (QED) is 0.699. The summed E-state index contributed by atoms with van der Waals surface area (Å²) in [6.45, 7) is 7.13. The van der Waals surface area contributed by atoms with Crippen molar-refractivity contribution in [2.75, 3.05) is 32.0 Å². The molecule has 0 aliphatic rings. The van der Waals surface area contributed by atoms with Crippen molar-refractivity contribution >= 4 is 21.6 Å². The third kappa shape index (κ3) is 5.64. The van der Waals surface area contributed by atoms with Crippen molar-refractivity contribution in [3.8, 4) is 0 Å². The van der Waals surface area contributed by atoms with Crippen LogP contribution in [0.3, 0.4) is 0 Å². The van der Waals surface area contributed by atoms with E-state index in [0.29, 0.717) is 25.3 Å². The lowest BCUT2D eigenvalue weighted by molar-refractivity contribution is -0.117. The Labute approximate surface area is 168 Å². The smallest absolute Gasteiger partial charge is 0.243 e. The second-order valence-electron chi connectivity index (χ2n) is 6.77. The van der Waals surface area contributed by atoms with Crippen molar-refractivity contribution in [3.05, 3.63) is 59.7 Å². The summed E-state index contributed by atoms with van der Waals surface area (Å²) in [5.74, 6) is -0.182. The summed E-state index contributed by atoms with van der Waals surface area (Å²) in [7, 11) is -1.69. The maximum absolute atomic E-state index is 12.7. The fraction of sp³-hybridized carbons (Fsp3) is 0.381. The van der Waals surface area contributed by atoms with E-state index in [1.807, 2.05) is 49.2 Å². The molecule has 152 valence electrons. The van der Waals surface area contributed by atoms with Gasteiger partial charge < -0.3 is 5.32 Å². The van der Waals surface area contributed by atoms with E-state index in [2.05, 4.69) is 5.32 Å². The molecular formula is C21H29N3O3S. The predicted octanol–water partition coefficient (Wildman–Crippen LogP) is 3.10. The van der Waals surface area contributed by atoms with Crippen LogP contribution in [0.25, 0.3) is 0 Å². The van der Waals surface area contributed by atoms with E-state index < -0.39 is 10.0 Å². The van der Waals surface area contributed by atoms with Gasteiger partial charge in [-0.05, 0) is 37.2 Å². The molecule has 0 atom stereocenters. The molecule has 0 radical (unpaired) electrons. The summed E-state index contributed by atoms with van der Waals surface area (Å²) in [6.07, 6.45) is 0. The number of aryl methyl sites for hydroxylation is 1. The van der Waals surface area contributed by atoms with Crippen LogP contribution in [0.5, 0.6) is 0 Å². The molecule has 28 heavy (non-hydrogen) atoms. The van der Waals surface area contributed by atoms with E-state index >= 15 is 0 Å². The molecule has 0 saturated carbocycles. The van der Waals surface area contributed by atoms with Crippen molar-refractivity contribution < 1.29 is 13.2 Å². The normalized spacial score (nSPS) is 11.8. The zero-order valence-corrected chi connectivity index (χ0v) is 17.8. The highest BCUT2D eigenvalue weighted by molar-refractivity contribution is 7.89. The third-order valence-corrected chi connectivity index (χ3v) is 6.58. The minimum atomic E-state index is -3.57. The Morgan fingerprint density at radius 2 is 1.68 bits per heavy atom. The molecule has 0 aliphatic carbocycles. The largest absolute Gasteiger partial charge is 0.325 e. The zero-order chi connectivity index (χ0) is 20.7. The maximum atomic E-state index is 12.7. The van der Waals surface area contributed by atoms with E-state index in [1.54, 1.807) is 26.0 Å². The number of sulfonamides is 1. The Morgan fingerprint density at radius 3 is 2.29 bits per heavy atom. The average Bonchev–Trinajstić information content (AvgIpc) is 2.64. The summed E-state index contributed by atoms with van der Waals surface area (Å²) in [5, 5.41) is 2.85. The molecule has 0 aliphatic heterocycles. The van der Waals surface area contributed by atoms with Gasteiger partial charge in [0.05, 0.1) is 11.4 Å². The zero-order valence-electron chi connectivity index (χ0n) is 17.0. The van der Waals surface area contributed by atoms with E-state index in [4.69, 9.17) is 0 Å². The Bertz CT molecular complexity index is 894. The molecule has 0 bridgehead atoms. The van der Waals surface area contributed by atoms with Gasteiger partial charge in [0.25, 0.3) is 0 Å². The van der Waals surface area contributed by atoms with Gasteiger partial charge in [0, 0.05) is 25.3 Å². The minimum absolute atomic E-state index is 0.182. The molecule has 0 aromatic heterocycles. The Kier molecular flexibility index (Phi) is 7.74. The van der Waals surface area contributed by atoms with Crippen LogP contribution >= 0.6 is 0 Å². The standard InChI is InChI=1S/C21H29N3O3S/c1-5-24(6-2)28(26,27)19-13-12-17(3)20(14-19)22-21(25)16-23(4)15-18-10-8-7-9-11-18/h7-14H,5-6,15-16H2,1-4H3,(H,22,25). The summed E-state index contributed by atoms with van der Waals surface area (Å²) in [4.78, 5) is 14.6. The van der Waals surface area contributed by atoms with Crippen LogP contribution in [0.15, 0.2) is 53.4 Å². The lowest BCUT2D eigenvalue weighted by atomic mass is 10.2. The van der Waals surface area contributed by atoms with Crippen molar-refractivity contribution in [1.82, 2.24) is 9.21 Å². The first kappa shape index (κ1) is 22.1. The summed E-state index contributed by atoms with van der Waals surface area (Å²) < 4.78 is 26.9. The molecule has 0 fully saturated rings. The number of benzene rings is 2. The number of likely N-dealkylation sites (N-methyl/N-ethyl adjacent to an activating group) is 1. The van der Waals surface area contributed by atoms with Crippen LogP contribution in [-0.2, 0) is 21.4 Å². The number of nitrogens with one attached hydrogen (secondary N) is 1. The van der Waals surface area contributed by atoms with Crippen LogP contribution in [0, 0.1) is 6.92 Å². The van der Waals surface area contributed by atoms with Crippen LogP contribution in [-0.4, -0.2) is 50.2 Å². The Balaban J connectivity index is 2.10. The first-order valence-corrected chi connectivity index (χ1v) is 10.8. The Hall–Kier alpha value is -2.22. The third-order valence-electron chi connectivity index (χ3n) is 4.54. The van der Waals surface area contributed by atoms with Gasteiger partial charge in [-0.2, -0.15) is 4.31 Å². The van der Waals surface area contributed by atoms with E-state index in [0.717, 1.165) is 11.1 Å². The highest BCUT2D eigenvalue weighted by Crippen LogP contribution is 2.23. The molecule has 2 aromatic rings. The van der Waals surface area contributed by atoms with Crippen LogP contribution < -0.4 is 5.32 Å². The Morgan fingerprint density at radius 1 is 1.04 bits per heavy atom. The van der Waals surface area contributed by atoms with Crippen molar-refractivity contribution in [2.24, 2.45) is 0 Å². The first-order chi connectivity index (χ1) is 13.3. The minimum Gasteiger partial charge on any atom is -0.325 e. The number of hydrogen-bond donors (Lipinski definition) is 1. The topological polar surface area (TPSA) is 69.7 Å². The predicted molar refractivity (Wildman–Crippen MR) is 113 cm³/mol. The monoisotopic (exact) mass is 403 g/mol. The van der Waals surface area contributed by atoms with Crippen molar-refractivity contribution in [2.45, 2.75) is 32.2 Å². The molecule has 0 saturated heterocycles. The van der Waals surface area contributed by atoms with E-state index in [-0.39, 0.29) is 17.3 Å². The maximum Gasteiger partial charge on any atom is 0.243 e. The lowest BCUT2D eigenvalue weighted by Crippen LogP contribution is -2.31. The highest BCUT2D eigenvalue weighted by Gasteiger charge is 2.22. The van der Waals surface area contributed by atoms with Crippen LogP contribution in [0.2, 0.25) is 0 Å². The highest BCUT2D eigenvalue weighted by atomic mass is 32.2.